The largest absolute Gasteiger partial charge is 2.00 e. The van der Waals surface area contributed by atoms with Crippen molar-refractivity contribution in [1.82, 2.24) is 4.57 Å². The fourth-order valence-corrected chi connectivity index (χ4v) is 9.75. The van der Waals surface area contributed by atoms with Crippen molar-refractivity contribution in [2.24, 2.45) is 11.8 Å². The third kappa shape index (κ3) is 16.4. The van der Waals surface area contributed by atoms with Gasteiger partial charge in [-0.2, -0.15) is 0 Å². The summed E-state index contributed by atoms with van der Waals surface area (Å²) in [6, 6.07) is 14.8. The van der Waals surface area contributed by atoms with Crippen molar-refractivity contribution in [2.45, 2.75) is 180 Å². The van der Waals surface area contributed by atoms with E-state index in [1.807, 2.05) is 0 Å². The molecule has 5 heteroatoms. The summed E-state index contributed by atoms with van der Waals surface area (Å²) >= 11 is 1.47. The van der Waals surface area contributed by atoms with Crippen LogP contribution in [0.2, 0.25) is 0 Å². The van der Waals surface area contributed by atoms with Gasteiger partial charge in [-0.25, -0.2) is 0 Å². The summed E-state index contributed by atoms with van der Waals surface area (Å²) in [6.07, 6.45) is 31.0. The Morgan fingerprint density at radius 2 is 0.943 bits per heavy atom. The minimum absolute atomic E-state index is 0. The van der Waals surface area contributed by atoms with Gasteiger partial charge in [-0.15, -0.1) is 0 Å². The number of unbranched alkanes of at least 4 members (excludes halogenated alkanes) is 3. The first-order valence-electron chi connectivity index (χ1n) is 20.2. The third-order valence-corrected chi connectivity index (χ3v) is 13.2. The maximum absolute atomic E-state index is 11.2. The van der Waals surface area contributed by atoms with Gasteiger partial charge < -0.3 is 34.3 Å². The zero-order valence-corrected chi connectivity index (χ0v) is 38.2. The third-order valence-electron chi connectivity index (χ3n) is 12.3. The van der Waals surface area contributed by atoms with Gasteiger partial charge in [0, 0.05) is 41.0 Å². The van der Waals surface area contributed by atoms with Crippen molar-refractivity contribution in [1.29, 1.82) is 0 Å². The molecule has 2 aromatic carbocycles. The Kier molecular flexibility index (Phi) is 30.3. The van der Waals surface area contributed by atoms with Crippen LogP contribution < -0.4 is 0 Å². The number of aromatic nitrogens is 1. The molecule has 304 valence electrons. The predicted octanol–water partition coefficient (Wildman–Crippen LogP) is 15.9. The average molecular weight is 830 g/mol. The first kappa shape index (κ1) is 54.4. The van der Waals surface area contributed by atoms with E-state index in [-0.39, 0.29) is 69.0 Å². The Hall–Kier alpha value is -0.701. The van der Waals surface area contributed by atoms with Gasteiger partial charge in [-0.05, 0) is 97.6 Å². The number of carbonyl (C=O) groups is 1. The maximum Gasteiger partial charge on any atom is 2.00 e. The van der Waals surface area contributed by atoms with E-state index in [0.717, 1.165) is 30.6 Å². The van der Waals surface area contributed by atoms with Crippen LogP contribution in [-0.2, 0) is 45.5 Å². The Morgan fingerprint density at radius 1 is 0.585 bits per heavy atom. The van der Waals surface area contributed by atoms with E-state index in [2.05, 4.69) is 54.8 Å². The number of hydrogen-bond acceptors (Lipinski definition) is 2. The molecule has 0 aliphatic heterocycles. The van der Waals surface area contributed by atoms with Gasteiger partial charge in [0.1, 0.15) is 0 Å². The van der Waals surface area contributed by atoms with E-state index >= 15 is 0 Å². The van der Waals surface area contributed by atoms with E-state index in [1.165, 1.54) is 180 Å². The normalized spacial score (nSPS) is 17.6. The topological polar surface area (TPSA) is 22.0 Å². The molecule has 4 fully saturated rings. The molecule has 1 aromatic heterocycles. The molecule has 0 saturated heterocycles. The smallest absolute Gasteiger partial charge is 0.358 e. The Bertz CT molecular complexity index is 1260. The van der Waals surface area contributed by atoms with Crippen molar-refractivity contribution >= 4 is 38.7 Å². The zero-order valence-electron chi connectivity index (χ0n) is 35.2. The first-order valence-corrected chi connectivity index (χ1v) is 21.2. The molecule has 0 radical (unpaired) electrons. The molecular formula is C48H79Fe2NOS. The van der Waals surface area contributed by atoms with E-state index in [1.54, 1.807) is 6.92 Å². The first-order chi connectivity index (χ1) is 23.0. The van der Waals surface area contributed by atoms with Gasteiger partial charge in [-0.1, -0.05) is 140 Å². The van der Waals surface area contributed by atoms with Crippen LogP contribution in [-0.4, -0.2) is 15.4 Å². The number of carbonyl (C=O) groups excluding carboxylic acids is 1. The van der Waals surface area contributed by atoms with Crippen LogP contribution in [0.1, 0.15) is 185 Å². The van der Waals surface area contributed by atoms with Gasteiger partial charge in [0.05, 0.1) is 0 Å². The number of hydrogen-bond donors (Lipinski definition) is 0. The molecule has 4 aliphatic carbocycles. The van der Waals surface area contributed by atoms with Crippen LogP contribution in [0, 0.1) is 41.5 Å². The van der Waals surface area contributed by atoms with E-state index in [9.17, 15) is 4.79 Å². The quantitative estimate of drug-likeness (QED) is 0.109. The molecule has 4 aliphatic rings. The van der Waals surface area contributed by atoms with Crippen molar-refractivity contribution in [2.75, 3.05) is 5.75 Å². The number of aryl methyl sites for hydroxylation is 1. The van der Waals surface area contributed by atoms with Crippen LogP contribution >= 0.6 is 11.8 Å². The molecular weight excluding hydrogens is 750 g/mol. The fraction of sp³-hybridized carbons (Fsp3) is 0.646. The average Bonchev–Trinajstić information content (AvgIpc) is 3.95. The van der Waals surface area contributed by atoms with Crippen molar-refractivity contribution in [3.05, 3.63) is 77.2 Å². The van der Waals surface area contributed by atoms with Crippen LogP contribution in [0.3, 0.4) is 0 Å². The number of fused-ring (bicyclic) bond motifs is 3. The molecule has 2 nitrogen and oxygen atoms in total. The Morgan fingerprint density at radius 3 is 1.30 bits per heavy atom. The molecule has 1 heterocycles. The van der Waals surface area contributed by atoms with Crippen molar-refractivity contribution in [3.63, 3.8) is 0 Å². The molecule has 4 saturated carbocycles. The Labute approximate surface area is 355 Å². The summed E-state index contributed by atoms with van der Waals surface area (Å²) in [5, 5.41) is 3.18. The zero-order chi connectivity index (χ0) is 32.8. The summed E-state index contributed by atoms with van der Waals surface area (Å²) in [7, 11) is 0. The maximum atomic E-state index is 11.2. The fourth-order valence-electron chi connectivity index (χ4n) is 9.11. The summed E-state index contributed by atoms with van der Waals surface area (Å²) in [5.74, 6) is 3.97. The summed E-state index contributed by atoms with van der Waals surface area (Å²) < 4.78 is 2.60. The molecule has 3 aromatic rings. The van der Waals surface area contributed by atoms with Crippen LogP contribution in [0.25, 0.3) is 21.8 Å². The molecule has 53 heavy (non-hydrogen) atoms. The second kappa shape index (κ2) is 29.5. The van der Waals surface area contributed by atoms with E-state index in [0.29, 0.717) is 11.8 Å². The monoisotopic (exact) mass is 829 g/mol. The minimum atomic E-state index is 0. The van der Waals surface area contributed by atoms with Crippen LogP contribution in [0.5, 0.6) is 0 Å². The minimum Gasteiger partial charge on any atom is -0.358 e. The Balaban J connectivity index is 0. The van der Waals surface area contributed by atoms with E-state index in [4.69, 9.17) is 0 Å². The molecule has 0 amide bonds. The second-order valence-corrected chi connectivity index (χ2v) is 16.9. The SMILES string of the molecule is C1CCCC1.C1CCCC1.CC(=O)SCCCCCCn1c2ccc(C(C)C3CCCC3)cc2c2cc(C(C)C3CCCC3)ccc21.[CH3-].[CH3-].[CH3-].[CH3-].[Fe+2].[Fe+2]. The number of nitrogens with zero attached hydrogens (tertiary/aromatic N) is 1. The van der Waals surface area contributed by atoms with Gasteiger partial charge in [-0.3, -0.25) is 4.79 Å². The van der Waals surface area contributed by atoms with E-state index < -0.39 is 0 Å². The van der Waals surface area contributed by atoms with Gasteiger partial charge in [0.25, 0.3) is 0 Å². The summed E-state index contributed by atoms with van der Waals surface area (Å²) in [4.78, 5) is 11.2. The van der Waals surface area contributed by atoms with Crippen molar-refractivity contribution in [3.8, 4) is 0 Å². The summed E-state index contributed by atoms with van der Waals surface area (Å²) in [5.41, 5.74) is 5.90. The second-order valence-electron chi connectivity index (χ2n) is 15.7. The van der Waals surface area contributed by atoms with Gasteiger partial charge in [0.2, 0.25) is 0 Å². The predicted molar refractivity (Wildman–Crippen MR) is 234 cm³/mol. The number of thioether (sulfide) groups is 1. The molecule has 2 unspecified atom stereocenters. The molecule has 0 N–H and O–H groups in total. The number of rotatable bonds is 11. The molecule has 2 atom stereocenters. The summed E-state index contributed by atoms with van der Waals surface area (Å²) in [6.45, 7) is 7.68. The number of benzene rings is 2. The van der Waals surface area contributed by atoms with Crippen LogP contribution in [0.15, 0.2) is 36.4 Å². The molecule has 7 rings (SSSR count). The molecule has 0 spiro atoms. The van der Waals surface area contributed by atoms with Gasteiger partial charge >= 0.3 is 34.1 Å². The van der Waals surface area contributed by atoms with Crippen molar-refractivity contribution < 1.29 is 38.9 Å². The van der Waals surface area contributed by atoms with Gasteiger partial charge in [0.15, 0.2) is 5.12 Å². The standard InChI is InChI=1S/C34H47NOS.2C5H10.4CH3.2Fe/c1-24(27-12-6-7-13-27)29-16-18-33-31(22-29)32-23-30(25(2)28-14-8-9-15-28)17-19-34(32)35(33)20-10-4-5-11-21-37-26(3)36;2*1-2-4-5-3-1;;;;;;/h16-19,22-25,27-28H,4-15,20-21H2,1-3H3;2*1-5H2;4*1H3;;/q;;;4*-1;2*+2. The van der Waals surface area contributed by atoms with Crippen LogP contribution in [0.4, 0.5) is 0 Å². The molecule has 0 bridgehead atoms.